The van der Waals surface area contributed by atoms with Gasteiger partial charge in [0.15, 0.2) is 0 Å². The van der Waals surface area contributed by atoms with Crippen molar-refractivity contribution in [3.63, 3.8) is 0 Å². The van der Waals surface area contributed by atoms with Crippen molar-refractivity contribution >= 4 is 16.9 Å². The van der Waals surface area contributed by atoms with E-state index in [1.807, 2.05) is 6.55 Å². The molecule has 5 heteroatoms. The normalized spacial score (nSPS) is 37.1. The SMILES string of the molecule is CO[Si]1(C)CO[Si](C)(C)CO1. The summed E-state index contributed by atoms with van der Waals surface area (Å²) in [5.74, 6) is 0. The first-order chi connectivity index (χ1) is 4.97. The van der Waals surface area contributed by atoms with Crippen LogP contribution in [0.5, 0.6) is 0 Å². The molecule has 0 aromatic rings. The predicted octanol–water partition coefficient (Wildman–Crippen LogP) is 1.04. The maximum Gasteiger partial charge on any atom is 0.359 e. The smallest absolute Gasteiger partial charge is 0.359 e. The molecular weight excluding hydrogens is 176 g/mol. The van der Waals surface area contributed by atoms with E-state index in [2.05, 4.69) is 13.1 Å². The van der Waals surface area contributed by atoms with E-state index in [1.165, 1.54) is 0 Å². The lowest BCUT2D eigenvalue weighted by Crippen LogP contribution is -2.56. The lowest BCUT2D eigenvalue weighted by Gasteiger charge is -2.37. The highest BCUT2D eigenvalue weighted by molar-refractivity contribution is 6.76. The van der Waals surface area contributed by atoms with Gasteiger partial charge in [0.2, 0.25) is 8.32 Å². The summed E-state index contributed by atoms with van der Waals surface area (Å²) in [6.45, 7) is 6.36. The van der Waals surface area contributed by atoms with Gasteiger partial charge in [-0.15, -0.1) is 0 Å². The molecule has 1 atom stereocenters. The standard InChI is InChI=1S/C6H16O3Si2/c1-7-11(4)6-8-10(2,3)5-9-11/h5-6H2,1-4H3. The second-order valence-corrected chi connectivity index (χ2v) is 11.0. The molecule has 66 valence electrons. The van der Waals surface area contributed by atoms with Crippen molar-refractivity contribution in [2.24, 2.45) is 0 Å². The third-order valence-corrected chi connectivity index (χ3v) is 6.51. The van der Waals surface area contributed by atoms with Gasteiger partial charge in [-0.1, -0.05) is 0 Å². The summed E-state index contributed by atoms with van der Waals surface area (Å²) < 4.78 is 16.7. The molecule has 3 nitrogen and oxygen atoms in total. The van der Waals surface area contributed by atoms with Crippen LogP contribution in [0, 0.1) is 0 Å². The second-order valence-electron chi connectivity index (χ2n) is 3.67. The third-order valence-electron chi connectivity index (χ3n) is 1.88. The molecule has 1 saturated heterocycles. The molecule has 0 spiro atoms. The van der Waals surface area contributed by atoms with Crippen LogP contribution >= 0.6 is 0 Å². The van der Waals surface area contributed by atoms with E-state index in [9.17, 15) is 0 Å². The van der Waals surface area contributed by atoms with Gasteiger partial charge in [0.1, 0.15) is 0 Å². The number of rotatable bonds is 1. The van der Waals surface area contributed by atoms with E-state index in [0.29, 0.717) is 6.23 Å². The first kappa shape index (κ1) is 9.40. The maximum atomic E-state index is 5.72. The van der Waals surface area contributed by atoms with Crippen LogP contribution in [0.1, 0.15) is 0 Å². The first-order valence-electron chi connectivity index (χ1n) is 3.81. The van der Waals surface area contributed by atoms with E-state index >= 15 is 0 Å². The van der Waals surface area contributed by atoms with Gasteiger partial charge in [-0.2, -0.15) is 0 Å². The van der Waals surface area contributed by atoms with E-state index in [4.69, 9.17) is 13.3 Å². The highest BCUT2D eigenvalue weighted by atomic mass is 28.4. The molecule has 1 fully saturated rings. The average Bonchev–Trinajstić information content (AvgIpc) is 1.97. The zero-order valence-corrected chi connectivity index (χ0v) is 9.64. The van der Waals surface area contributed by atoms with Crippen LogP contribution in [0.3, 0.4) is 0 Å². The monoisotopic (exact) mass is 192 g/mol. The Balaban J connectivity index is 2.48. The van der Waals surface area contributed by atoms with Gasteiger partial charge in [0, 0.05) is 7.11 Å². The second kappa shape index (κ2) is 2.98. The van der Waals surface area contributed by atoms with Crippen LogP contribution in [0.25, 0.3) is 0 Å². The molecule has 1 aliphatic heterocycles. The Bertz CT molecular complexity index is 139. The Morgan fingerprint density at radius 2 is 1.73 bits per heavy atom. The summed E-state index contributed by atoms with van der Waals surface area (Å²) in [6, 6.07) is 0. The molecule has 11 heavy (non-hydrogen) atoms. The van der Waals surface area contributed by atoms with Gasteiger partial charge in [0.25, 0.3) is 0 Å². The number of hydrogen-bond donors (Lipinski definition) is 0. The van der Waals surface area contributed by atoms with Crippen LogP contribution in [0.2, 0.25) is 19.6 Å². The molecule has 1 heterocycles. The number of hydrogen-bond acceptors (Lipinski definition) is 3. The van der Waals surface area contributed by atoms with Crippen LogP contribution in [0.15, 0.2) is 0 Å². The summed E-state index contributed by atoms with van der Waals surface area (Å²) >= 11 is 0. The average molecular weight is 192 g/mol. The van der Waals surface area contributed by atoms with Crippen molar-refractivity contribution in [1.82, 2.24) is 0 Å². The zero-order chi connectivity index (χ0) is 8.54. The largest absolute Gasteiger partial charge is 0.413 e. The summed E-state index contributed by atoms with van der Waals surface area (Å²) in [4.78, 5) is 0. The maximum absolute atomic E-state index is 5.72. The van der Waals surface area contributed by atoms with Gasteiger partial charge in [0.05, 0.1) is 12.5 Å². The van der Waals surface area contributed by atoms with Gasteiger partial charge in [-0.25, -0.2) is 0 Å². The van der Waals surface area contributed by atoms with Crippen LogP contribution < -0.4 is 0 Å². The molecule has 1 unspecified atom stereocenters. The van der Waals surface area contributed by atoms with Crippen molar-refractivity contribution in [2.75, 3.05) is 19.6 Å². The van der Waals surface area contributed by atoms with Crippen molar-refractivity contribution in [2.45, 2.75) is 19.6 Å². The van der Waals surface area contributed by atoms with Crippen LogP contribution in [0.4, 0.5) is 0 Å². The first-order valence-corrected chi connectivity index (χ1v) is 9.44. The molecule has 0 radical (unpaired) electrons. The van der Waals surface area contributed by atoms with Crippen molar-refractivity contribution in [1.29, 1.82) is 0 Å². The van der Waals surface area contributed by atoms with Gasteiger partial charge in [-0.05, 0) is 19.6 Å². The van der Waals surface area contributed by atoms with Gasteiger partial charge in [-0.3, -0.25) is 0 Å². The Kier molecular flexibility index (Phi) is 2.55. The third kappa shape index (κ3) is 2.38. The minimum atomic E-state index is -1.89. The summed E-state index contributed by atoms with van der Waals surface area (Å²) in [6.07, 6.45) is 1.48. The zero-order valence-electron chi connectivity index (χ0n) is 7.64. The fourth-order valence-electron chi connectivity index (χ4n) is 0.854. The van der Waals surface area contributed by atoms with E-state index < -0.39 is 16.9 Å². The quantitative estimate of drug-likeness (QED) is 0.581. The van der Waals surface area contributed by atoms with E-state index in [0.717, 1.165) is 6.23 Å². The van der Waals surface area contributed by atoms with Crippen molar-refractivity contribution < 1.29 is 13.3 Å². The van der Waals surface area contributed by atoms with Crippen LogP contribution in [-0.2, 0) is 13.3 Å². The minimum Gasteiger partial charge on any atom is -0.413 e. The molecule has 0 N–H and O–H groups in total. The Labute approximate surface area is 70.0 Å². The summed E-state index contributed by atoms with van der Waals surface area (Å²) in [7, 11) is -1.65. The lowest BCUT2D eigenvalue weighted by molar-refractivity contribution is 0.157. The van der Waals surface area contributed by atoms with Gasteiger partial charge < -0.3 is 13.3 Å². The minimum absolute atomic E-state index is 0.697. The summed E-state index contributed by atoms with van der Waals surface area (Å²) in [5, 5.41) is 0. The highest BCUT2D eigenvalue weighted by Crippen LogP contribution is 2.19. The highest BCUT2D eigenvalue weighted by Gasteiger charge is 2.41. The predicted molar refractivity (Wildman–Crippen MR) is 48.0 cm³/mol. The molecule has 0 aromatic carbocycles. The fraction of sp³-hybridized carbons (Fsp3) is 1.00. The summed E-state index contributed by atoms with van der Waals surface area (Å²) in [5.41, 5.74) is 0. The molecular formula is C6H16O3Si2. The Morgan fingerprint density at radius 3 is 2.09 bits per heavy atom. The van der Waals surface area contributed by atoms with Gasteiger partial charge >= 0.3 is 8.56 Å². The van der Waals surface area contributed by atoms with E-state index in [1.54, 1.807) is 7.11 Å². The molecule has 0 amide bonds. The molecule has 1 rings (SSSR count). The molecule has 0 aliphatic carbocycles. The molecule has 1 aliphatic rings. The Morgan fingerprint density at radius 1 is 1.09 bits per heavy atom. The lowest BCUT2D eigenvalue weighted by atomic mass is 11.7. The van der Waals surface area contributed by atoms with E-state index in [-0.39, 0.29) is 0 Å². The molecule has 0 saturated carbocycles. The topological polar surface area (TPSA) is 27.7 Å². The fourth-order valence-corrected chi connectivity index (χ4v) is 6.48. The van der Waals surface area contributed by atoms with Crippen molar-refractivity contribution in [3.8, 4) is 0 Å². The molecule has 0 bridgehead atoms. The molecule has 0 aromatic heterocycles. The Hall–Kier alpha value is 0.314. The van der Waals surface area contributed by atoms with Crippen LogP contribution in [-0.4, -0.2) is 36.4 Å². The van der Waals surface area contributed by atoms with Crippen molar-refractivity contribution in [3.05, 3.63) is 0 Å².